The number of H-pyrrole nitrogens is 1. The van der Waals surface area contributed by atoms with Gasteiger partial charge in [-0.15, -0.1) is 0 Å². The van der Waals surface area contributed by atoms with Crippen LogP contribution in [0.3, 0.4) is 0 Å². The van der Waals surface area contributed by atoms with Crippen LogP contribution in [0.15, 0.2) is 24.3 Å². The van der Waals surface area contributed by atoms with Crippen LogP contribution in [0.2, 0.25) is 0 Å². The fourth-order valence-electron chi connectivity index (χ4n) is 5.24. The Balaban J connectivity index is 1.46. The number of anilines is 1. The number of aliphatic hydroxyl groups is 1. The van der Waals surface area contributed by atoms with E-state index < -0.39 is 6.04 Å². The van der Waals surface area contributed by atoms with E-state index in [0.29, 0.717) is 29.1 Å². The Hall–Kier alpha value is -3.83. The zero-order valence-electron chi connectivity index (χ0n) is 20.7. The second kappa shape index (κ2) is 10.3. The molecule has 5 rings (SSSR count). The lowest BCUT2D eigenvalue weighted by atomic mass is 10.0. The number of aliphatic hydroxyl groups excluding tert-OH is 1. The predicted octanol–water partition coefficient (Wildman–Crippen LogP) is 1.21. The molecule has 11 nitrogen and oxygen atoms in total. The molecule has 0 spiro atoms. The summed E-state index contributed by atoms with van der Waals surface area (Å²) < 4.78 is 0. The van der Waals surface area contributed by atoms with Crippen LogP contribution in [0.25, 0.3) is 22.3 Å². The van der Waals surface area contributed by atoms with Crippen molar-refractivity contribution in [3.8, 4) is 11.3 Å². The molecule has 1 saturated heterocycles. The molecule has 2 amide bonds. The fraction of sp³-hybridized carbons (Fsp3) is 0.423. The van der Waals surface area contributed by atoms with Gasteiger partial charge in [-0.1, -0.05) is 6.07 Å². The molecule has 1 fully saturated rings. The highest BCUT2D eigenvalue weighted by atomic mass is 16.3. The molecule has 1 aromatic carbocycles. The molecule has 2 aromatic heterocycles. The Morgan fingerprint density at radius 3 is 2.84 bits per heavy atom. The first-order valence-electron chi connectivity index (χ1n) is 12.5. The van der Waals surface area contributed by atoms with E-state index in [1.54, 1.807) is 6.07 Å². The number of nitrogen functional groups attached to an aromatic ring is 1. The number of rotatable bonds is 8. The van der Waals surface area contributed by atoms with Crippen molar-refractivity contribution in [2.45, 2.75) is 50.9 Å². The number of pyridine rings is 1. The lowest BCUT2D eigenvalue weighted by Crippen LogP contribution is -2.46. The zero-order chi connectivity index (χ0) is 26.1. The lowest BCUT2D eigenvalue weighted by Gasteiger charge is -2.29. The van der Waals surface area contributed by atoms with E-state index in [1.165, 1.54) is 11.9 Å². The first kappa shape index (κ1) is 24.8. The standard InChI is InChI=1S/C26H31N7O4/c1-28-25(36)21(3-2-10-34)33-14-16-11-15(4-5-19(16)26(33)37)20-12-17(13-32-8-6-18(35)7-9-32)22-23(29-20)24(27)31-30-22/h4-5,10-12,18,21,35H,2-3,6-9,13-14H2,1H3,(H,28,36)(H3,27,30,31). The molecule has 0 radical (unpaired) electrons. The number of aromatic nitrogens is 3. The molecule has 0 bridgehead atoms. The fourth-order valence-corrected chi connectivity index (χ4v) is 5.24. The summed E-state index contributed by atoms with van der Waals surface area (Å²) in [6.45, 7) is 2.55. The molecule has 2 aliphatic heterocycles. The number of carbonyl (C=O) groups is 3. The van der Waals surface area contributed by atoms with Crippen molar-refractivity contribution in [3.05, 3.63) is 41.0 Å². The Bertz CT molecular complexity index is 1350. The van der Waals surface area contributed by atoms with E-state index in [1.807, 2.05) is 18.2 Å². The number of amides is 2. The highest BCUT2D eigenvalue weighted by Gasteiger charge is 2.36. The Morgan fingerprint density at radius 1 is 1.32 bits per heavy atom. The molecule has 5 N–H and O–H groups in total. The number of aromatic amines is 1. The van der Waals surface area contributed by atoms with Gasteiger partial charge in [0.2, 0.25) is 5.91 Å². The quantitative estimate of drug-likeness (QED) is 0.333. The molecule has 3 aromatic rings. The van der Waals surface area contributed by atoms with Gasteiger partial charge in [0.25, 0.3) is 5.91 Å². The van der Waals surface area contributed by atoms with E-state index in [0.717, 1.165) is 54.4 Å². The van der Waals surface area contributed by atoms with Crippen LogP contribution in [0.4, 0.5) is 5.82 Å². The number of benzene rings is 1. The molecule has 0 aliphatic carbocycles. The summed E-state index contributed by atoms with van der Waals surface area (Å²) in [7, 11) is 1.52. The summed E-state index contributed by atoms with van der Waals surface area (Å²) in [5, 5.41) is 19.6. The molecule has 194 valence electrons. The monoisotopic (exact) mass is 505 g/mol. The number of likely N-dealkylation sites (tertiary alicyclic amines) is 1. The number of nitrogens with one attached hydrogen (secondary N) is 2. The number of nitrogens with two attached hydrogens (primary N) is 1. The number of likely N-dealkylation sites (N-methyl/N-ethyl adjacent to an activating group) is 1. The summed E-state index contributed by atoms with van der Waals surface area (Å²) in [4.78, 5) is 45.1. The minimum Gasteiger partial charge on any atom is -0.393 e. The van der Waals surface area contributed by atoms with Crippen LogP contribution in [-0.4, -0.2) is 80.5 Å². The van der Waals surface area contributed by atoms with Gasteiger partial charge in [0.1, 0.15) is 17.8 Å². The highest BCUT2D eigenvalue weighted by molar-refractivity contribution is 6.01. The maximum Gasteiger partial charge on any atom is 0.255 e. The molecule has 0 saturated carbocycles. The summed E-state index contributed by atoms with van der Waals surface area (Å²) in [5.41, 5.74) is 11.4. The molecule has 2 aliphatic rings. The summed E-state index contributed by atoms with van der Waals surface area (Å²) in [6, 6.07) is 6.85. The van der Waals surface area contributed by atoms with Crippen molar-refractivity contribution in [3.63, 3.8) is 0 Å². The molecular weight excluding hydrogens is 474 g/mol. The van der Waals surface area contributed by atoms with Crippen LogP contribution in [-0.2, 0) is 22.7 Å². The Labute approximate surface area is 214 Å². The minimum absolute atomic E-state index is 0.193. The Kier molecular flexibility index (Phi) is 6.90. The predicted molar refractivity (Wildman–Crippen MR) is 137 cm³/mol. The number of hydrogen-bond acceptors (Lipinski definition) is 8. The van der Waals surface area contributed by atoms with Gasteiger partial charge < -0.3 is 25.9 Å². The van der Waals surface area contributed by atoms with E-state index in [4.69, 9.17) is 10.7 Å². The van der Waals surface area contributed by atoms with Gasteiger partial charge in [-0.25, -0.2) is 4.98 Å². The van der Waals surface area contributed by atoms with Gasteiger partial charge in [0.15, 0.2) is 5.82 Å². The van der Waals surface area contributed by atoms with Crippen molar-refractivity contribution in [1.29, 1.82) is 0 Å². The number of aldehydes is 1. The van der Waals surface area contributed by atoms with Crippen molar-refractivity contribution in [2.75, 3.05) is 25.9 Å². The molecular formula is C26H31N7O4. The van der Waals surface area contributed by atoms with Crippen LogP contribution in [0.5, 0.6) is 0 Å². The van der Waals surface area contributed by atoms with E-state index in [9.17, 15) is 19.5 Å². The van der Waals surface area contributed by atoms with Gasteiger partial charge in [0.05, 0.1) is 17.3 Å². The van der Waals surface area contributed by atoms with Gasteiger partial charge in [-0.3, -0.25) is 19.6 Å². The van der Waals surface area contributed by atoms with Gasteiger partial charge in [-0.2, -0.15) is 5.10 Å². The van der Waals surface area contributed by atoms with Crippen molar-refractivity contribution >= 4 is 35.0 Å². The summed E-state index contributed by atoms with van der Waals surface area (Å²) >= 11 is 0. The molecule has 1 atom stereocenters. The minimum atomic E-state index is -0.714. The van der Waals surface area contributed by atoms with Gasteiger partial charge in [-0.05, 0) is 48.6 Å². The largest absolute Gasteiger partial charge is 0.393 e. The third-order valence-corrected chi connectivity index (χ3v) is 7.30. The van der Waals surface area contributed by atoms with Crippen LogP contribution in [0, 0.1) is 0 Å². The van der Waals surface area contributed by atoms with Crippen LogP contribution in [0.1, 0.15) is 47.2 Å². The number of piperidine rings is 1. The Morgan fingerprint density at radius 2 is 2.11 bits per heavy atom. The summed E-state index contributed by atoms with van der Waals surface area (Å²) in [6.07, 6.45) is 2.45. The van der Waals surface area contributed by atoms with Crippen molar-refractivity contribution in [2.24, 2.45) is 0 Å². The first-order valence-corrected chi connectivity index (χ1v) is 12.5. The zero-order valence-corrected chi connectivity index (χ0v) is 20.7. The van der Waals surface area contributed by atoms with Crippen LogP contribution >= 0.6 is 0 Å². The average molecular weight is 506 g/mol. The lowest BCUT2D eigenvalue weighted by molar-refractivity contribution is -0.125. The number of nitrogens with zero attached hydrogens (tertiary/aromatic N) is 4. The number of carbonyl (C=O) groups excluding carboxylic acids is 3. The van der Waals surface area contributed by atoms with E-state index in [-0.39, 0.29) is 37.3 Å². The number of hydrogen-bond donors (Lipinski definition) is 4. The van der Waals surface area contributed by atoms with Crippen LogP contribution < -0.4 is 11.1 Å². The maximum absolute atomic E-state index is 13.1. The molecule has 4 heterocycles. The van der Waals surface area contributed by atoms with Crippen molar-refractivity contribution < 1.29 is 19.5 Å². The molecule has 11 heteroatoms. The summed E-state index contributed by atoms with van der Waals surface area (Å²) in [5.74, 6) is -0.199. The topological polar surface area (TPSA) is 158 Å². The highest BCUT2D eigenvalue weighted by Crippen LogP contribution is 2.32. The van der Waals surface area contributed by atoms with E-state index in [2.05, 4.69) is 20.4 Å². The van der Waals surface area contributed by atoms with Crippen molar-refractivity contribution in [1.82, 2.24) is 30.3 Å². The SMILES string of the molecule is CNC(=O)C(CCC=O)N1Cc2cc(-c3cc(CN4CCC(O)CC4)c4[nH]nc(N)c4n3)ccc2C1=O. The normalized spacial score (nSPS) is 17.2. The molecule has 37 heavy (non-hydrogen) atoms. The smallest absolute Gasteiger partial charge is 0.255 e. The third-order valence-electron chi connectivity index (χ3n) is 7.30. The maximum atomic E-state index is 13.1. The second-order valence-electron chi connectivity index (χ2n) is 9.69. The van der Waals surface area contributed by atoms with E-state index >= 15 is 0 Å². The van der Waals surface area contributed by atoms with Gasteiger partial charge in [0, 0.05) is 50.8 Å². The third kappa shape index (κ3) is 4.79. The first-order chi connectivity index (χ1) is 17.9. The number of fused-ring (bicyclic) bond motifs is 2. The second-order valence-corrected chi connectivity index (χ2v) is 9.69. The molecule has 1 unspecified atom stereocenters. The average Bonchev–Trinajstić information content (AvgIpc) is 3.44. The van der Waals surface area contributed by atoms with Gasteiger partial charge >= 0.3 is 0 Å².